The normalized spacial score (nSPS) is 14.4. The molecule has 2 heterocycles. The number of pyridine rings is 1. The molecule has 4 nitrogen and oxygen atoms in total. The maximum absolute atomic E-state index is 13.5. The highest BCUT2D eigenvalue weighted by Gasteiger charge is 2.27. The van der Waals surface area contributed by atoms with Crippen molar-refractivity contribution in [3.05, 3.63) is 88.0 Å². The maximum atomic E-state index is 13.5. The van der Waals surface area contributed by atoms with E-state index in [1.807, 2.05) is 42.2 Å². The van der Waals surface area contributed by atoms with Crippen LogP contribution in [0.5, 0.6) is 0 Å². The summed E-state index contributed by atoms with van der Waals surface area (Å²) in [5, 5.41) is 3.84. The van der Waals surface area contributed by atoms with Crippen molar-refractivity contribution in [1.29, 1.82) is 0 Å². The van der Waals surface area contributed by atoms with Crippen molar-refractivity contribution in [2.24, 2.45) is 0 Å². The minimum absolute atomic E-state index is 0.0497. The van der Waals surface area contributed by atoms with Crippen LogP contribution in [0, 0.1) is 12.7 Å². The number of piperidine rings is 1. The van der Waals surface area contributed by atoms with Crippen LogP contribution in [0.3, 0.4) is 0 Å². The predicted octanol–water partition coefficient (Wildman–Crippen LogP) is 6.51. The van der Waals surface area contributed by atoms with Crippen molar-refractivity contribution in [3.63, 3.8) is 0 Å². The molecule has 1 fully saturated rings. The average molecular weight is 452 g/mol. The number of amides is 1. The highest BCUT2D eigenvalue weighted by atomic mass is 35.5. The highest BCUT2D eigenvalue weighted by Crippen LogP contribution is 2.33. The molecule has 0 radical (unpaired) electrons. The second-order valence-electron chi connectivity index (χ2n) is 8.22. The molecule has 0 bridgehead atoms. The zero-order valence-electron chi connectivity index (χ0n) is 18.4. The summed E-state index contributed by atoms with van der Waals surface area (Å²) in [6.45, 7) is 5.27. The molecule has 1 saturated heterocycles. The van der Waals surface area contributed by atoms with Gasteiger partial charge in [-0.05, 0) is 61.4 Å². The number of carbonyl (C=O) groups is 1. The lowest BCUT2D eigenvalue weighted by atomic mass is 9.89. The van der Waals surface area contributed by atoms with Crippen molar-refractivity contribution in [3.8, 4) is 0 Å². The Morgan fingerprint density at radius 2 is 1.84 bits per heavy atom. The quantitative estimate of drug-likeness (QED) is 0.450. The van der Waals surface area contributed by atoms with Crippen LogP contribution in [-0.2, 0) is 6.42 Å². The highest BCUT2D eigenvalue weighted by molar-refractivity contribution is 6.30. The largest absolute Gasteiger partial charge is 0.354 e. The Balaban J connectivity index is 1.55. The number of para-hydroxylation sites is 1. The van der Waals surface area contributed by atoms with Gasteiger partial charge in [0, 0.05) is 30.5 Å². The minimum atomic E-state index is -0.225. The number of benzene rings is 2. The summed E-state index contributed by atoms with van der Waals surface area (Å²) in [7, 11) is 0. The molecule has 0 unspecified atom stereocenters. The third-order valence-corrected chi connectivity index (χ3v) is 6.65. The average Bonchev–Trinajstić information content (AvgIpc) is 2.83. The van der Waals surface area contributed by atoms with Crippen molar-refractivity contribution >= 4 is 28.9 Å². The van der Waals surface area contributed by atoms with Gasteiger partial charge in [0.15, 0.2) is 0 Å². The van der Waals surface area contributed by atoms with Gasteiger partial charge in [-0.25, -0.2) is 9.37 Å². The van der Waals surface area contributed by atoms with Crippen LogP contribution in [0.4, 0.5) is 15.8 Å². The van der Waals surface area contributed by atoms with Gasteiger partial charge in [-0.15, -0.1) is 0 Å². The van der Waals surface area contributed by atoms with Crippen molar-refractivity contribution in [2.75, 3.05) is 18.4 Å². The van der Waals surface area contributed by atoms with Crippen LogP contribution in [0.25, 0.3) is 0 Å². The molecule has 4 rings (SSSR count). The lowest BCUT2D eigenvalue weighted by molar-refractivity contribution is 0.0713. The topological polar surface area (TPSA) is 45.2 Å². The third kappa shape index (κ3) is 4.63. The van der Waals surface area contributed by atoms with Crippen LogP contribution < -0.4 is 5.32 Å². The van der Waals surface area contributed by atoms with Crippen molar-refractivity contribution in [2.45, 2.75) is 39.0 Å². The molecule has 0 saturated carbocycles. The van der Waals surface area contributed by atoms with Gasteiger partial charge in [-0.3, -0.25) is 4.79 Å². The van der Waals surface area contributed by atoms with E-state index in [9.17, 15) is 9.18 Å². The first-order chi connectivity index (χ1) is 15.5. The van der Waals surface area contributed by atoms with Crippen LogP contribution >= 0.6 is 11.6 Å². The summed E-state index contributed by atoms with van der Waals surface area (Å²) < 4.78 is 13.2. The van der Waals surface area contributed by atoms with Gasteiger partial charge in [0.25, 0.3) is 5.91 Å². The molecule has 3 aromatic rings. The summed E-state index contributed by atoms with van der Waals surface area (Å²) in [6, 6.07) is 14.8. The summed E-state index contributed by atoms with van der Waals surface area (Å²) in [4.78, 5) is 19.6. The molecule has 0 aliphatic carbocycles. The maximum Gasteiger partial charge on any atom is 0.257 e. The third-order valence-electron chi connectivity index (χ3n) is 6.27. The Bertz CT molecular complexity index is 1110. The number of aryl methyl sites for hydroxylation is 1. The summed E-state index contributed by atoms with van der Waals surface area (Å²) >= 11 is 6.31. The number of nitrogens with one attached hydrogen (secondary N) is 1. The van der Waals surface area contributed by atoms with E-state index in [4.69, 9.17) is 11.6 Å². The van der Waals surface area contributed by atoms with E-state index in [0.29, 0.717) is 35.4 Å². The minimum Gasteiger partial charge on any atom is -0.354 e. The summed E-state index contributed by atoms with van der Waals surface area (Å²) in [5.41, 5.74) is 5.24. The molecule has 1 N–H and O–H groups in total. The fourth-order valence-electron chi connectivity index (χ4n) is 4.32. The van der Waals surface area contributed by atoms with Crippen molar-refractivity contribution < 1.29 is 9.18 Å². The van der Waals surface area contributed by atoms with Crippen LogP contribution in [0.15, 0.2) is 54.7 Å². The molecule has 1 amide bonds. The van der Waals surface area contributed by atoms with E-state index in [1.54, 1.807) is 6.20 Å². The number of carbonyl (C=O) groups excluding carboxylic acids is 1. The standard InChI is InChI=1S/C26H27ClFN3O/c1-3-18-6-4-5-7-23(18)30-24-17(2)25(27)29-16-22(24)26(32)31-14-12-20(13-15-31)19-8-10-21(28)11-9-19/h4-11,16,20H,3,12-15H2,1-2H3,(H,29,30). The molecule has 0 atom stereocenters. The lowest BCUT2D eigenvalue weighted by Gasteiger charge is -2.33. The second-order valence-corrected chi connectivity index (χ2v) is 8.57. The van der Waals surface area contributed by atoms with E-state index in [0.717, 1.165) is 36.1 Å². The number of nitrogens with zero attached hydrogens (tertiary/aromatic N) is 2. The zero-order chi connectivity index (χ0) is 22.7. The first-order valence-electron chi connectivity index (χ1n) is 11.0. The van der Waals surface area contributed by atoms with Gasteiger partial charge in [0.1, 0.15) is 11.0 Å². The molecule has 1 aliphatic heterocycles. The van der Waals surface area contributed by atoms with Crippen LogP contribution in [0.2, 0.25) is 5.15 Å². The van der Waals surface area contributed by atoms with E-state index in [1.165, 1.54) is 17.7 Å². The SMILES string of the molecule is CCc1ccccc1Nc1c(C(=O)N2CCC(c3ccc(F)cc3)CC2)cnc(Cl)c1C. The fourth-order valence-corrected chi connectivity index (χ4v) is 4.46. The Labute approximate surface area is 193 Å². The first-order valence-corrected chi connectivity index (χ1v) is 11.4. The van der Waals surface area contributed by atoms with E-state index in [-0.39, 0.29) is 11.7 Å². The number of rotatable bonds is 5. The molecular weight excluding hydrogens is 425 g/mol. The number of anilines is 2. The fraction of sp³-hybridized carbons (Fsp3) is 0.308. The van der Waals surface area contributed by atoms with E-state index in [2.05, 4.69) is 23.3 Å². The molecule has 1 aromatic heterocycles. The second kappa shape index (κ2) is 9.70. The Morgan fingerprint density at radius 1 is 1.16 bits per heavy atom. The van der Waals surface area contributed by atoms with Gasteiger partial charge in [-0.1, -0.05) is 48.9 Å². The summed E-state index contributed by atoms with van der Waals surface area (Å²) in [5.74, 6) is 0.0571. The van der Waals surface area contributed by atoms with E-state index >= 15 is 0 Å². The molecule has 0 spiro atoms. The van der Waals surface area contributed by atoms with Gasteiger partial charge >= 0.3 is 0 Å². The Kier molecular flexibility index (Phi) is 6.75. The number of hydrogen-bond donors (Lipinski definition) is 1. The monoisotopic (exact) mass is 451 g/mol. The van der Waals surface area contributed by atoms with Gasteiger partial charge in [0.2, 0.25) is 0 Å². The predicted molar refractivity (Wildman–Crippen MR) is 127 cm³/mol. The molecule has 166 valence electrons. The number of likely N-dealkylation sites (tertiary alicyclic amines) is 1. The van der Waals surface area contributed by atoms with Gasteiger partial charge < -0.3 is 10.2 Å². The zero-order valence-corrected chi connectivity index (χ0v) is 19.1. The van der Waals surface area contributed by atoms with E-state index < -0.39 is 0 Å². The number of halogens is 2. The Hall–Kier alpha value is -2.92. The van der Waals surface area contributed by atoms with Gasteiger partial charge in [-0.2, -0.15) is 0 Å². The molecule has 2 aromatic carbocycles. The Morgan fingerprint density at radius 3 is 2.53 bits per heavy atom. The molecule has 6 heteroatoms. The lowest BCUT2D eigenvalue weighted by Crippen LogP contribution is -2.38. The van der Waals surface area contributed by atoms with Crippen LogP contribution in [-0.4, -0.2) is 28.9 Å². The number of aromatic nitrogens is 1. The number of hydrogen-bond acceptors (Lipinski definition) is 3. The molecule has 32 heavy (non-hydrogen) atoms. The van der Waals surface area contributed by atoms with Gasteiger partial charge in [0.05, 0.1) is 11.3 Å². The smallest absolute Gasteiger partial charge is 0.257 e. The van der Waals surface area contributed by atoms with Crippen molar-refractivity contribution in [1.82, 2.24) is 9.88 Å². The first kappa shape index (κ1) is 22.3. The molecular formula is C26H27ClFN3O. The molecule has 1 aliphatic rings. The summed E-state index contributed by atoms with van der Waals surface area (Å²) in [6.07, 6.45) is 4.14. The van der Waals surface area contributed by atoms with Crippen LogP contribution in [0.1, 0.15) is 52.7 Å².